The van der Waals surface area contributed by atoms with Crippen molar-refractivity contribution in [1.82, 2.24) is 15.5 Å². The van der Waals surface area contributed by atoms with Crippen LogP contribution in [0.1, 0.15) is 55.9 Å². The number of benzene rings is 1. The van der Waals surface area contributed by atoms with E-state index in [2.05, 4.69) is 22.4 Å². The summed E-state index contributed by atoms with van der Waals surface area (Å²) in [6, 6.07) is 8.09. The molecule has 1 heterocycles. The van der Waals surface area contributed by atoms with Crippen molar-refractivity contribution < 1.29 is 4.79 Å². The Morgan fingerprint density at radius 3 is 3.10 bits per heavy atom. The SMILES string of the molecule is CCCCC1CCCC1NC(=O)c1n[nH]c2ccccc12. The van der Waals surface area contributed by atoms with Gasteiger partial charge in [-0.05, 0) is 31.2 Å². The fourth-order valence-corrected chi connectivity index (χ4v) is 3.41. The Morgan fingerprint density at radius 1 is 1.38 bits per heavy atom. The first-order valence-corrected chi connectivity index (χ1v) is 8.03. The lowest BCUT2D eigenvalue weighted by molar-refractivity contribution is 0.0923. The van der Waals surface area contributed by atoms with Gasteiger partial charge >= 0.3 is 0 Å². The molecule has 1 aliphatic carbocycles. The molecule has 1 aliphatic rings. The average Bonchev–Trinajstić information content (AvgIpc) is 3.11. The van der Waals surface area contributed by atoms with E-state index in [9.17, 15) is 4.79 Å². The maximum atomic E-state index is 12.5. The predicted octanol–water partition coefficient (Wildman–Crippen LogP) is 3.65. The molecule has 1 fully saturated rings. The van der Waals surface area contributed by atoms with E-state index in [1.807, 2.05) is 24.3 Å². The average molecular weight is 285 g/mol. The van der Waals surface area contributed by atoms with Crippen molar-refractivity contribution in [2.75, 3.05) is 0 Å². The van der Waals surface area contributed by atoms with Crippen molar-refractivity contribution in [1.29, 1.82) is 0 Å². The van der Waals surface area contributed by atoms with Gasteiger partial charge in [0.05, 0.1) is 5.52 Å². The zero-order valence-corrected chi connectivity index (χ0v) is 12.6. The van der Waals surface area contributed by atoms with Crippen LogP contribution in [0.2, 0.25) is 0 Å². The van der Waals surface area contributed by atoms with Gasteiger partial charge in [0.1, 0.15) is 0 Å². The van der Waals surface area contributed by atoms with Crippen LogP contribution in [0.3, 0.4) is 0 Å². The summed E-state index contributed by atoms with van der Waals surface area (Å²) in [5, 5.41) is 11.2. The second-order valence-corrected chi connectivity index (χ2v) is 6.03. The first kappa shape index (κ1) is 14.1. The fourth-order valence-electron chi connectivity index (χ4n) is 3.41. The molecule has 0 spiro atoms. The Hall–Kier alpha value is -1.84. The summed E-state index contributed by atoms with van der Waals surface area (Å²) >= 11 is 0. The molecule has 2 aromatic rings. The van der Waals surface area contributed by atoms with Gasteiger partial charge in [-0.1, -0.05) is 44.4 Å². The van der Waals surface area contributed by atoms with Crippen LogP contribution in [-0.4, -0.2) is 22.1 Å². The summed E-state index contributed by atoms with van der Waals surface area (Å²) in [6.45, 7) is 2.22. The lowest BCUT2D eigenvalue weighted by atomic mass is 9.96. The lowest BCUT2D eigenvalue weighted by Crippen LogP contribution is -2.37. The first-order chi connectivity index (χ1) is 10.3. The van der Waals surface area contributed by atoms with Gasteiger partial charge in [0.2, 0.25) is 0 Å². The van der Waals surface area contributed by atoms with Crippen LogP contribution in [0.4, 0.5) is 0 Å². The highest BCUT2D eigenvalue weighted by Crippen LogP contribution is 2.30. The summed E-state index contributed by atoms with van der Waals surface area (Å²) in [4.78, 5) is 12.5. The van der Waals surface area contributed by atoms with E-state index in [1.165, 1.54) is 32.1 Å². The summed E-state index contributed by atoms with van der Waals surface area (Å²) < 4.78 is 0. The lowest BCUT2D eigenvalue weighted by Gasteiger charge is -2.20. The molecule has 3 rings (SSSR count). The molecule has 0 saturated heterocycles. The molecule has 1 amide bonds. The maximum absolute atomic E-state index is 12.5. The molecule has 112 valence electrons. The minimum Gasteiger partial charge on any atom is -0.348 e. The van der Waals surface area contributed by atoms with Crippen LogP contribution in [0.5, 0.6) is 0 Å². The number of hydrogen-bond donors (Lipinski definition) is 2. The number of H-pyrrole nitrogens is 1. The normalized spacial score (nSPS) is 21.8. The third kappa shape index (κ3) is 2.94. The van der Waals surface area contributed by atoms with Crippen molar-refractivity contribution in [3.8, 4) is 0 Å². The molecule has 2 atom stereocenters. The smallest absolute Gasteiger partial charge is 0.272 e. The standard InChI is InChI=1S/C17H23N3O/c1-2-3-7-12-8-6-11-14(12)18-17(21)16-13-9-4-5-10-15(13)19-20-16/h4-5,9-10,12,14H,2-3,6-8,11H2,1H3,(H,18,21)(H,19,20). The molecule has 1 aromatic heterocycles. The van der Waals surface area contributed by atoms with Crippen molar-refractivity contribution >= 4 is 16.8 Å². The largest absolute Gasteiger partial charge is 0.348 e. The van der Waals surface area contributed by atoms with Gasteiger partial charge in [0.25, 0.3) is 5.91 Å². The Kier molecular flexibility index (Phi) is 4.23. The third-order valence-electron chi connectivity index (χ3n) is 4.59. The van der Waals surface area contributed by atoms with Gasteiger partial charge < -0.3 is 5.32 Å². The van der Waals surface area contributed by atoms with Crippen LogP contribution in [0.15, 0.2) is 24.3 Å². The number of hydrogen-bond acceptors (Lipinski definition) is 2. The Morgan fingerprint density at radius 2 is 2.24 bits per heavy atom. The van der Waals surface area contributed by atoms with Gasteiger partial charge in [-0.15, -0.1) is 0 Å². The summed E-state index contributed by atoms with van der Waals surface area (Å²) in [7, 11) is 0. The molecular weight excluding hydrogens is 262 g/mol. The van der Waals surface area contributed by atoms with Gasteiger partial charge in [-0.3, -0.25) is 9.89 Å². The molecular formula is C17H23N3O. The monoisotopic (exact) mass is 285 g/mol. The number of nitrogens with one attached hydrogen (secondary N) is 2. The van der Waals surface area contributed by atoms with Gasteiger partial charge in [-0.25, -0.2) is 0 Å². The number of amides is 1. The molecule has 4 heteroatoms. The van der Waals surface area contributed by atoms with E-state index in [1.54, 1.807) is 0 Å². The zero-order valence-electron chi connectivity index (χ0n) is 12.6. The summed E-state index contributed by atoms with van der Waals surface area (Å²) in [5.41, 5.74) is 1.43. The number of carbonyl (C=O) groups excluding carboxylic acids is 1. The predicted molar refractivity (Wildman–Crippen MR) is 84.2 cm³/mol. The number of para-hydroxylation sites is 1. The van der Waals surface area contributed by atoms with Crippen molar-refractivity contribution in [3.63, 3.8) is 0 Å². The number of rotatable bonds is 5. The quantitative estimate of drug-likeness (QED) is 0.881. The van der Waals surface area contributed by atoms with E-state index in [0.717, 1.165) is 17.3 Å². The minimum absolute atomic E-state index is 0.0409. The zero-order chi connectivity index (χ0) is 14.7. The van der Waals surface area contributed by atoms with Gasteiger partial charge in [0, 0.05) is 11.4 Å². The summed E-state index contributed by atoms with van der Waals surface area (Å²) in [5.74, 6) is 0.597. The topological polar surface area (TPSA) is 57.8 Å². The molecule has 4 nitrogen and oxygen atoms in total. The number of aromatic amines is 1. The Bertz CT molecular complexity index is 619. The maximum Gasteiger partial charge on any atom is 0.272 e. The summed E-state index contributed by atoms with van der Waals surface area (Å²) in [6.07, 6.45) is 7.27. The first-order valence-electron chi connectivity index (χ1n) is 8.03. The van der Waals surface area contributed by atoms with Crippen LogP contribution >= 0.6 is 0 Å². The third-order valence-corrected chi connectivity index (χ3v) is 4.59. The van der Waals surface area contributed by atoms with E-state index in [0.29, 0.717) is 17.7 Å². The van der Waals surface area contributed by atoms with Crippen molar-refractivity contribution in [2.45, 2.75) is 51.5 Å². The van der Waals surface area contributed by atoms with E-state index in [-0.39, 0.29) is 5.91 Å². The van der Waals surface area contributed by atoms with Crippen molar-refractivity contribution in [3.05, 3.63) is 30.0 Å². The van der Waals surface area contributed by atoms with Crippen molar-refractivity contribution in [2.24, 2.45) is 5.92 Å². The molecule has 1 aromatic carbocycles. The molecule has 0 bridgehead atoms. The molecule has 1 saturated carbocycles. The highest BCUT2D eigenvalue weighted by atomic mass is 16.2. The van der Waals surface area contributed by atoms with E-state index >= 15 is 0 Å². The number of fused-ring (bicyclic) bond motifs is 1. The number of unbranched alkanes of at least 4 members (excludes halogenated alkanes) is 1. The van der Waals surface area contributed by atoms with E-state index in [4.69, 9.17) is 0 Å². The number of aromatic nitrogens is 2. The molecule has 0 radical (unpaired) electrons. The van der Waals surface area contributed by atoms with Crippen LogP contribution in [0.25, 0.3) is 10.9 Å². The van der Waals surface area contributed by atoms with Gasteiger partial charge in [-0.2, -0.15) is 5.10 Å². The Labute approximate surface area is 125 Å². The molecule has 2 unspecified atom stereocenters. The number of carbonyl (C=O) groups is 1. The molecule has 21 heavy (non-hydrogen) atoms. The fraction of sp³-hybridized carbons (Fsp3) is 0.529. The highest BCUT2D eigenvalue weighted by molar-refractivity contribution is 6.04. The van der Waals surface area contributed by atoms with Crippen LogP contribution in [-0.2, 0) is 0 Å². The highest BCUT2D eigenvalue weighted by Gasteiger charge is 2.29. The molecule has 0 aliphatic heterocycles. The van der Waals surface area contributed by atoms with Crippen LogP contribution < -0.4 is 5.32 Å². The molecule has 2 N–H and O–H groups in total. The Balaban J connectivity index is 1.71. The number of nitrogens with zero attached hydrogens (tertiary/aromatic N) is 1. The minimum atomic E-state index is -0.0409. The second kappa shape index (κ2) is 6.29. The second-order valence-electron chi connectivity index (χ2n) is 6.03. The van der Waals surface area contributed by atoms with Crippen LogP contribution in [0, 0.1) is 5.92 Å². The van der Waals surface area contributed by atoms with E-state index < -0.39 is 0 Å². The van der Waals surface area contributed by atoms with Gasteiger partial charge in [0.15, 0.2) is 5.69 Å².